The summed E-state index contributed by atoms with van der Waals surface area (Å²) in [6, 6.07) is 0.637. The Morgan fingerprint density at radius 1 is 1.31 bits per heavy atom. The molecule has 0 spiro atoms. The van der Waals surface area contributed by atoms with Crippen molar-refractivity contribution in [3.63, 3.8) is 0 Å². The van der Waals surface area contributed by atoms with Crippen molar-refractivity contribution in [2.75, 3.05) is 19.6 Å². The summed E-state index contributed by atoms with van der Waals surface area (Å²) in [5.74, 6) is 0. The Balaban J connectivity index is 3.94. The van der Waals surface area contributed by atoms with Gasteiger partial charge >= 0.3 is 0 Å². The summed E-state index contributed by atoms with van der Waals surface area (Å²) < 4.78 is 0. The summed E-state index contributed by atoms with van der Waals surface area (Å²) in [6.07, 6.45) is 3.77. The van der Waals surface area contributed by atoms with Crippen LogP contribution in [0.4, 0.5) is 0 Å². The van der Waals surface area contributed by atoms with E-state index in [0.717, 1.165) is 32.4 Å². The maximum Gasteiger partial charge on any atom is 0.0767 e. The Kier molecular flexibility index (Phi) is 7.98. The Morgan fingerprint density at radius 2 is 1.94 bits per heavy atom. The Labute approximate surface area is 101 Å². The third-order valence-electron chi connectivity index (χ3n) is 3.75. The number of rotatable bonds is 9. The normalized spacial score (nSPS) is 17.4. The topological polar surface area (TPSA) is 49.5 Å². The van der Waals surface area contributed by atoms with Gasteiger partial charge in [0.25, 0.3) is 0 Å². The van der Waals surface area contributed by atoms with Gasteiger partial charge in [-0.25, -0.2) is 0 Å². The minimum atomic E-state index is -0.644. The van der Waals surface area contributed by atoms with Gasteiger partial charge in [-0.1, -0.05) is 20.8 Å². The van der Waals surface area contributed by atoms with Crippen LogP contribution >= 0.6 is 0 Å². The van der Waals surface area contributed by atoms with Crippen LogP contribution in [0.5, 0.6) is 0 Å². The van der Waals surface area contributed by atoms with Gasteiger partial charge in [0.2, 0.25) is 0 Å². The van der Waals surface area contributed by atoms with Crippen LogP contribution in [0.25, 0.3) is 0 Å². The second-order valence-corrected chi connectivity index (χ2v) is 4.77. The molecule has 0 aromatic carbocycles. The molecule has 2 atom stereocenters. The monoisotopic (exact) mass is 230 g/mol. The van der Waals surface area contributed by atoms with Crippen molar-refractivity contribution in [2.45, 2.75) is 65.0 Å². The van der Waals surface area contributed by atoms with E-state index in [1.165, 1.54) is 6.42 Å². The molecule has 0 saturated carbocycles. The number of nitrogens with zero attached hydrogens (tertiary/aromatic N) is 1. The molecule has 3 nitrogen and oxygen atoms in total. The zero-order valence-electron chi connectivity index (χ0n) is 11.5. The summed E-state index contributed by atoms with van der Waals surface area (Å²) >= 11 is 0. The molecule has 0 rings (SSSR count). The van der Waals surface area contributed by atoms with Crippen molar-refractivity contribution in [3.05, 3.63) is 0 Å². The molecule has 0 bridgehead atoms. The lowest BCUT2D eigenvalue weighted by molar-refractivity contribution is 0.0305. The van der Waals surface area contributed by atoms with E-state index in [1.807, 2.05) is 6.92 Å². The van der Waals surface area contributed by atoms with Crippen molar-refractivity contribution in [3.8, 4) is 0 Å². The summed E-state index contributed by atoms with van der Waals surface area (Å²) in [7, 11) is 0. The van der Waals surface area contributed by atoms with Crippen molar-refractivity contribution in [1.29, 1.82) is 0 Å². The fraction of sp³-hybridized carbons (Fsp3) is 1.00. The van der Waals surface area contributed by atoms with Gasteiger partial charge in [0.05, 0.1) is 5.60 Å². The first-order valence-corrected chi connectivity index (χ1v) is 6.69. The van der Waals surface area contributed by atoms with E-state index in [0.29, 0.717) is 12.6 Å². The first kappa shape index (κ1) is 15.9. The van der Waals surface area contributed by atoms with Crippen molar-refractivity contribution < 1.29 is 5.11 Å². The highest BCUT2D eigenvalue weighted by Crippen LogP contribution is 2.16. The van der Waals surface area contributed by atoms with Gasteiger partial charge < -0.3 is 15.7 Å². The molecule has 0 aliphatic rings. The van der Waals surface area contributed by atoms with Gasteiger partial charge in [0.1, 0.15) is 0 Å². The van der Waals surface area contributed by atoms with E-state index in [9.17, 15) is 5.11 Å². The molecule has 0 fully saturated rings. The molecule has 2 unspecified atom stereocenters. The summed E-state index contributed by atoms with van der Waals surface area (Å²) in [5.41, 5.74) is 4.95. The largest absolute Gasteiger partial charge is 0.389 e. The smallest absolute Gasteiger partial charge is 0.0767 e. The predicted octanol–water partition coefficient (Wildman–Crippen LogP) is 1.99. The molecule has 3 N–H and O–H groups in total. The Morgan fingerprint density at radius 3 is 2.31 bits per heavy atom. The molecule has 0 radical (unpaired) electrons. The van der Waals surface area contributed by atoms with Gasteiger partial charge in [0.15, 0.2) is 0 Å². The number of hydrogen-bond acceptors (Lipinski definition) is 3. The Bertz CT molecular complexity index is 169. The second-order valence-electron chi connectivity index (χ2n) is 4.77. The summed E-state index contributed by atoms with van der Waals surface area (Å²) in [5, 5.41) is 10.1. The highest BCUT2D eigenvalue weighted by molar-refractivity contribution is 4.78. The van der Waals surface area contributed by atoms with E-state index >= 15 is 0 Å². The van der Waals surface area contributed by atoms with E-state index in [4.69, 9.17) is 5.73 Å². The number of hydrogen-bond donors (Lipinski definition) is 2. The standard InChI is InChI=1S/C13H30N2O/c1-5-12(4)15(7-3)10-8-9-13(16,6-2)11-14/h12,16H,5-11,14H2,1-4H3. The maximum absolute atomic E-state index is 10.1. The van der Waals surface area contributed by atoms with Crippen LogP contribution in [0.1, 0.15) is 53.4 Å². The lowest BCUT2D eigenvalue weighted by Crippen LogP contribution is -2.39. The summed E-state index contributed by atoms with van der Waals surface area (Å²) in [6.45, 7) is 11.2. The highest BCUT2D eigenvalue weighted by Gasteiger charge is 2.22. The lowest BCUT2D eigenvalue weighted by Gasteiger charge is -2.30. The zero-order chi connectivity index (χ0) is 12.6. The molecule has 0 heterocycles. The maximum atomic E-state index is 10.1. The van der Waals surface area contributed by atoms with E-state index in [2.05, 4.69) is 25.7 Å². The average molecular weight is 230 g/mol. The van der Waals surface area contributed by atoms with Crippen LogP contribution in [0, 0.1) is 0 Å². The third-order valence-corrected chi connectivity index (χ3v) is 3.75. The molecule has 0 aliphatic carbocycles. The van der Waals surface area contributed by atoms with Crippen LogP contribution in [0.15, 0.2) is 0 Å². The molecule has 98 valence electrons. The zero-order valence-corrected chi connectivity index (χ0v) is 11.5. The van der Waals surface area contributed by atoms with Gasteiger partial charge in [-0.15, -0.1) is 0 Å². The number of nitrogens with two attached hydrogens (primary N) is 1. The summed E-state index contributed by atoms with van der Waals surface area (Å²) in [4.78, 5) is 2.46. The molecule has 0 amide bonds. The molecule has 0 aliphatic heterocycles. The van der Waals surface area contributed by atoms with Gasteiger partial charge in [-0.3, -0.25) is 0 Å². The van der Waals surface area contributed by atoms with Crippen molar-refractivity contribution >= 4 is 0 Å². The highest BCUT2D eigenvalue weighted by atomic mass is 16.3. The number of aliphatic hydroxyl groups is 1. The van der Waals surface area contributed by atoms with Gasteiger partial charge in [-0.05, 0) is 45.7 Å². The molecule has 0 aromatic heterocycles. The first-order valence-electron chi connectivity index (χ1n) is 6.69. The van der Waals surface area contributed by atoms with E-state index in [-0.39, 0.29) is 0 Å². The first-order chi connectivity index (χ1) is 7.52. The lowest BCUT2D eigenvalue weighted by atomic mass is 9.94. The molecular formula is C13H30N2O. The second kappa shape index (κ2) is 8.04. The molecule has 0 aromatic rings. The van der Waals surface area contributed by atoms with Crippen LogP contribution in [0.3, 0.4) is 0 Å². The third kappa shape index (κ3) is 5.28. The minimum Gasteiger partial charge on any atom is -0.389 e. The molecule has 3 heteroatoms. The Hall–Kier alpha value is -0.120. The van der Waals surface area contributed by atoms with Gasteiger partial charge in [-0.2, -0.15) is 0 Å². The van der Waals surface area contributed by atoms with Crippen LogP contribution in [-0.4, -0.2) is 41.3 Å². The van der Waals surface area contributed by atoms with Crippen LogP contribution in [0.2, 0.25) is 0 Å². The van der Waals surface area contributed by atoms with Crippen LogP contribution < -0.4 is 5.73 Å². The molecular weight excluding hydrogens is 200 g/mol. The van der Waals surface area contributed by atoms with Crippen LogP contribution in [-0.2, 0) is 0 Å². The van der Waals surface area contributed by atoms with E-state index in [1.54, 1.807) is 0 Å². The fourth-order valence-electron chi connectivity index (χ4n) is 1.98. The SMILES string of the molecule is CCC(C)N(CC)CCCC(O)(CC)CN. The minimum absolute atomic E-state index is 0.374. The van der Waals surface area contributed by atoms with E-state index < -0.39 is 5.60 Å². The van der Waals surface area contributed by atoms with Crippen molar-refractivity contribution in [1.82, 2.24) is 4.90 Å². The average Bonchev–Trinajstić information content (AvgIpc) is 2.33. The quantitative estimate of drug-likeness (QED) is 0.637. The van der Waals surface area contributed by atoms with Gasteiger partial charge in [0, 0.05) is 12.6 Å². The molecule has 16 heavy (non-hydrogen) atoms. The molecule has 0 saturated heterocycles. The fourth-order valence-corrected chi connectivity index (χ4v) is 1.98. The predicted molar refractivity (Wildman–Crippen MR) is 70.5 cm³/mol. The van der Waals surface area contributed by atoms with Crippen molar-refractivity contribution in [2.24, 2.45) is 5.73 Å².